The van der Waals surface area contributed by atoms with E-state index in [1.165, 1.54) is 4.68 Å². The summed E-state index contributed by atoms with van der Waals surface area (Å²) in [6.45, 7) is 0.544. The lowest BCUT2D eigenvalue weighted by Crippen LogP contribution is -2.03. The Labute approximate surface area is 98.2 Å². The Kier molecular flexibility index (Phi) is 5.18. The molecule has 0 N–H and O–H groups in total. The number of alkyl halides is 3. The summed E-state index contributed by atoms with van der Waals surface area (Å²) >= 11 is 4.09. The Morgan fingerprint density at radius 2 is 1.88 bits per heavy atom. The van der Waals surface area contributed by atoms with Gasteiger partial charge in [-0.25, -0.2) is 0 Å². The molecule has 1 aromatic heterocycles. The van der Waals surface area contributed by atoms with Crippen LogP contribution in [0, 0.1) is 0 Å². The molecule has 0 radical (unpaired) electrons. The van der Waals surface area contributed by atoms with Crippen molar-refractivity contribution in [2.75, 3.05) is 5.75 Å². The molecule has 0 bridgehead atoms. The van der Waals surface area contributed by atoms with Gasteiger partial charge in [0.2, 0.25) is 0 Å². The van der Waals surface area contributed by atoms with Crippen LogP contribution in [0.15, 0.2) is 12.4 Å². The molecule has 0 unspecified atom stereocenters. The Morgan fingerprint density at radius 1 is 1.19 bits per heavy atom. The van der Waals surface area contributed by atoms with Gasteiger partial charge in [0.25, 0.3) is 0 Å². The van der Waals surface area contributed by atoms with Gasteiger partial charge in [-0.3, -0.25) is 4.68 Å². The summed E-state index contributed by atoms with van der Waals surface area (Å²) in [7, 11) is 0. The van der Waals surface area contributed by atoms with Gasteiger partial charge in [0, 0.05) is 12.7 Å². The summed E-state index contributed by atoms with van der Waals surface area (Å²) < 4.78 is 38.0. The molecule has 1 heterocycles. The number of hydrogen-bond donors (Lipinski definition) is 1. The zero-order valence-electron chi connectivity index (χ0n) is 8.87. The van der Waals surface area contributed by atoms with Crippen LogP contribution >= 0.6 is 12.6 Å². The first kappa shape index (κ1) is 13.4. The van der Waals surface area contributed by atoms with E-state index in [2.05, 4.69) is 17.7 Å². The Bertz CT molecular complexity index is 309. The fraction of sp³-hybridized carbons (Fsp3) is 0.700. The Hall–Kier alpha value is -0.650. The number of rotatable bonds is 6. The highest BCUT2D eigenvalue weighted by molar-refractivity contribution is 7.80. The maximum Gasteiger partial charge on any atom is 0.419 e. The number of aromatic nitrogens is 2. The molecule has 6 heteroatoms. The average molecular weight is 252 g/mol. The molecule has 0 amide bonds. The van der Waals surface area contributed by atoms with Crippen LogP contribution in [-0.4, -0.2) is 15.5 Å². The normalized spacial score (nSPS) is 12.0. The second-order valence-corrected chi connectivity index (χ2v) is 4.07. The molecule has 0 saturated carbocycles. The second-order valence-electron chi connectivity index (χ2n) is 3.63. The monoisotopic (exact) mass is 252 g/mol. The molecule has 0 fully saturated rings. The Balaban J connectivity index is 2.30. The van der Waals surface area contributed by atoms with Crippen molar-refractivity contribution in [1.29, 1.82) is 0 Å². The second kappa shape index (κ2) is 6.18. The first-order valence-corrected chi connectivity index (χ1v) is 5.88. The van der Waals surface area contributed by atoms with Crippen molar-refractivity contribution < 1.29 is 13.2 Å². The van der Waals surface area contributed by atoms with Crippen LogP contribution in [0.25, 0.3) is 0 Å². The van der Waals surface area contributed by atoms with Crippen LogP contribution in [0.5, 0.6) is 0 Å². The van der Waals surface area contributed by atoms with Crippen molar-refractivity contribution in [1.82, 2.24) is 9.78 Å². The molecule has 0 aromatic carbocycles. The summed E-state index contributed by atoms with van der Waals surface area (Å²) in [6, 6.07) is 0. The third-order valence-electron chi connectivity index (χ3n) is 2.26. The van der Waals surface area contributed by atoms with E-state index in [1.54, 1.807) is 0 Å². The van der Waals surface area contributed by atoms with Crippen molar-refractivity contribution in [3.8, 4) is 0 Å². The highest BCUT2D eigenvalue weighted by atomic mass is 32.1. The number of hydrogen-bond acceptors (Lipinski definition) is 2. The molecular formula is C10H15F3N2S. The molecule has 0 aliphatic rings. The van der Waals surface area contributed by atoms with Gasteiger partial charge in [-0.15, -0.1) is 0 Å². The van der Waals surface area contributed by atoms with Crippen molar-refractivity contribution in [3.63, 3.8) is 0 Å². The molecule has 0 aliphatic heterocycles. The summed E-state index contributed by atoms with van der Waals surface area (Å²) in [5.74, 6) is 0.861. The average Bonchev–Trinajstić information content (AvgIpc) is 2.65. The number of halogens is 3. The van der Waals surface area contributed by atoms with Crippen LogP contribution in [-0.2, 0) is 12.7 Å². The number of nitrogens with zero attached hydrogens (tertiary/aromatic N) is 2. The quantitative estimate of drug-likeness (QED) is 0.607. The van der Waals surface area contributed by atoms with Gasteiger partial charge in [0.15, 0.2) is 0 Å². The van der Waals surface area contributed by atoms with Crippen molar-refractivity contribution in [3.05, 3.63) is 18.0 Å². The van der Waals surface area contributed by atoms with Crippen LogP contribution in [0.2, 0.25) is 0 Å². The SMILES string of the molecule is FC(F)(F)c1cnn(CCCCCCS)c1. The van der Waals surface area contributed by atoms with Gasteiger partial charge < -0.3 is 0 Å². The minimum Gasteiger partial charge on any atom is -0.272 e. The van der Waals surface area contributed by atoms with E-state index in [1.807, 2.05) is 0 Å². The van der Waals surface area contributed by atoms with E-state index in [9.17, 15) is 13.2 Å². The topological polar surface area (TPSA) is 17.8 Å². The maximum atomic E-state index is 12.2. The zero-order valence-corrected chi connectivity index (χ0v) is 9.77. The number of aryl methyl sites for hydroxylation is 1. The van der Waals surface area contributed by atoms with Crippen molar-refractivity contribution >= 4 is 12.6 Å². The maximum absolute atomic E-state index is 12.2. The van der Waals surface area contributed by atoms with Gasteiger partial charge in [0.1, 0.15) is 0 Å². The minimum absolute atomic E-state index is 0.544. The standard InChI is InChI=1S/C10H15F3N2S/c11-10(12,13)9-7-14-15(8-9)5-3-1-2-4-6-16/h7-8,16H,1-6H2. The van der Waals surface area contributed by atoms with Crippen molar-refractivity contribution in [2.45, 2.75) is 38.4 Å². The van der Waals surface area contributed by atoms with Crippen LogP contribution in [0.3, 0.4) is 0 Å². The fourth-order valence-corrected chi connectivity index (χ4v) is 1.60. The van der Waals surface area contributed by atoms with Crippen LogP contribution < -0.4 is 0 Å². The van der Waals surface area contributed by atoms with Crippen molar-refractivity contribution in [2.24, 2.45) is 0 Å². The lowest BCUT2D eigenvalue weighted by molar-refractivity contribution is -0.137. The van der Waals surface area contributed by atoms with E-state index in [4.69, 9.17) is 0 Å². The summed E-state index contributed by atoms with van der Waals surface area (Å²) in [4.78, 5) is 0. The first-order valence-electron chi connectivity index (χ1n) is 5.24. The van der Waals surface area contributed by atoms with Gasteiger partial charge in [-0.2, -0.15) is 30.9 Å². The highest BCUT2D eigenvalue weighted by Gasteiger charge is 2.31. The predicted octanol–water partition coefficient (Wildman–Crippen LogP) is 3.39. The third kappa shape index (κ3) is 4.47. The highest BCUT2D eigenvalue weighted by Crippen LogP contribution is 2.28. The summed E-state index contributed by atoms with van der Waals surface area (Å²) in [5.41, 5.74) is -0.678. The first-order chi connectivity index (χ1) is 7.54. The third-order valence-corrected chi connectivity index (χ3v) is 2.57. The summed E-state index contributed by atoms with van der Waals surface area (Å²) in [6.07, 6.45) is 1.61. The smallest absolute Gasteiger partial charge is 0.272 e. The predicted molar refractivity (Wildman–Crippen MR) is 59.6 cm³/mol. The Morgan fingerprint density at radius 3 is 2.44 bits per heavy atom. The van der Waals surface area contributed by atoms with E-state index in [0.29, 0.717) is 6.54 Å². The molecular weight excluding hydrogens is 237 g/mol. The van der Waals surface area contributed by atoms with E-state index >= 15 is 0 Å². The molecule has 0 saturated heterocycles. The van der Waals surface area contributed by atoms with Gasteiger partial charge in [-0.1, -0.05) is 12.8 Å². The molecule has 92 valence electrons. The molecule has 1 aromatic rings. The van der Waals surface area contributed by atoms with Gasteiger partial charge in [-0.05, 0) is 18.6 Å². The van der Waals surface area contributed by atoms with E-state index in [-0.39, 0.29) is 0 Å². The molecule has 16 heavy (non-hydrogen) atoms. The van der Waals surface area contributed by atoms with Crippen LogP contribution in [0.1, 0.15) is 31.2 Å². The summed E-state index contributed by atoms with van der Waals surface area (Å²) in [5, 5.41) is 3.68. The van der Waals surface area contributed by atoms with E-state index in [0.717, 1.165) is 43.8 Å². The zero-order chi connectivity index (χ0) is 12.0. The fourth-order valence-electron chi connectivity index (χ4n) is 1.37. The molecule has 0 spiro atoms. The lowest BCUT2D eigenvalue weighted by atomic mass is 10.2. The largest absolute Gasteiger partial charge is 0.419 e. The molecule has 0 aliphatic carbocycles. The van der Waals surface area contributed by atoms with Crippen LogP contribution in [0.4, 0.5) is 13.2 Å². The van der Waals surface area contributed by atoms with Gasteiger partial charge in [0.05, 0.1) is 11.8 Å². The number of unbranched alkanes of at least 4 members (excludes halogenated alkanes) is 3. The minimum atomic E-state index is -4.29. The molecule has 2 nitrogen and oxygen atoms in total. The van der Waals surface area contributed by atoms with Gasteiger partial charge >= 0.3 is 6.18 Å². The van der Waals surface area contributed by atoms with E-state index < -0.39 is 11.7 Å². The lowest BCUT2D eigenvalue weighted by Gasteiger charge is -2.02. The molecule has 0 atom stereocenters. The molecule has 1 rings (SSSR count). The number of thiol groups is 1.